The second-order valence-corrected chi connectivity index (χ2v) is 12.8. The molecule has 0 spiro atoms. The van der Waals surface area contributed by atoms with Crippen LogP contribution in [0, 0.1) is 0 Å². The van der Waals surface area contributed by atoms with E-state index in [-0.39, 0.29) is 0 Å². The Kier molecular flexibility index (Phi) is 6.49. The van der Waals surface area contributed by atoms with E-state index in [9.17, 15) is 0 Å². The maximum Gasteiger partial charge on any atom is 0.227 e. The predicted molar refractivity (Wildman–Crippen MR) is 210 cm³/mol. The first-order chi connectivity index (χ1) is 24.8. The van der Waals surface area contributed by atoms with Gasteiger partial charge in [0.05, 0.1) is 5.69 Å². The van der Waals surface area contributed by atoms with E-state index in [0.29, 0.717) is 5.89 Å². The van der Waals surface area contributed by atoms with Gasteiger partial charge in [-0.3, -0.25) is 0 Å². The number of fused-ring (bicyclic) bond motifs is 7. The highest BCUT2D eigenvalue weighted by Crippen LogP contribution is 2.41. The molecule has 0 saturated carbocycles. The van der Waals surface area contributed by atoms with Crippen molar-refractivity contribution in [3.63, 3.8) is 0 Å². The van der Waals surface area contributed by atoms with Gasteiger partial charge in [-0.2, -0.15) is 0 Å². The Morgan fingerprint density at radius 1 is 0.400 bits per heavy atom. The summed E-state index contributed by atoms with van der Waals surface area (Å²) in [4.78, 5) is 7.39. The van der Waals surface area contributed by atoms with Gasteiger partial charge in [-0.05, 0) is 98.0 Å². The van der Waals surface area contributed by atoms with Crippen molar-refractivity contribution in [2.24, 2.45) is 0 Å². The fourth-order valence-electron chi connectivity index (χ4n) is 7.36. The van der Waals surface area contributed by atoms with Crippen LogP contribution < -0.4 is 4.90 Å². The van der Waals surface area contributed by atoms with Gasteiger partial charge in [0.2, 0.25) is 5.89 Å². The average Bonchev–Trinajstić information content (AvgIpc) is 3.63. The van der Waals surface area contributed by atoms with E-state index in [1.54, 1.807) is 0 Å². The Balaban J connectivity index is 1.10. The summed E-state index contributed by atoms with van der Waals surface area (Å²) in [6.45, 7) is 0. The highest BCUT2D eigenvalue weighted by atomic mass is 16.3. The van der Waals surface area contributed by atoms with Gasteiger partial charge >= 0.3 is 0 Å². The number of benzene rings is 9. The van der Waals surface area contributed by atoms with Crippen molar-refractivity contribution in [1.82, 2.24) is 4.98 Å². The van der Waals surface area contributed by atoms with E-state index in [4.69, 9.17) is 9.40 Å². The van der Waals surface area contributed by atoms with Gasteiger partial charge in [0.25, 0.3) is 0 Å². The molecule has 3 heteroatoms. The summed E-state index contributed by atoms with van der Waals surface area (Å²) in [5.74, 6) is 0.638. The van der Waals surface area contributed by atoms with Crippen LogP contribution in [-0.2, 0) is 0 Å². The fourth-order valence-corrected chi connectivity index (χ4v) is 7.36. The zero-order valence-electron chi connectivity index (χ0n) is 27.1. The van der Waals surface area contributed by atoms with Crippen molar-refractivity contribution >= 4 is 71.3 Å². The molecular formula is C47H30N2O. The summed E-state index contributed by atoms with van der Waals surface area (Å²) < 4.78 is 6.27. The van der Waals surface area contributed by atoms with Gasteiger partial charge in [-0.25, -0.2) is 4.98 Å². The number of rotatable bonds is 5. The molecule has 0 fully saturated rings. The lowest BCUT2D eigenvalue weighted by molar-refractivity contribution is 0.620. The van der Waals surface area contributed by atoms with Crippen LogP contribution >= 0.6 is 0 Å². The Hall–Kier alpha value is -6.71. The van der Waals surface area contributed by atoms with Crippen molar-refractivity contribution in [1.29, 1.82) is 0 Å². The van der Waals surface area contributed by atoms with Gasteiger partial charge in [-0.1, -0.05) is 127 Å². The molecule has 10 rings (SSSR count). The number of oxazole rings is 1. The molecule has 10 aromatic rings. The summed E-state index contributed by atoms with van der Waals surface area (Å²) in [5, 5.41) is 9.47. The van der Waals surface area contributed by atoms with Crippen LogP contribution in [0.5, 0.6) is 0 Å². The molecule has 1 heterocycles. The molecule has 0 aliphatic carbocycles. The van der Waals surface area contributed by atoms with Crippen molar-refractivity contribution in [3.8, 4) is 22.6 Å². The molecular weight excluding hydrogens is 609 g/mol. The van der Waals surface area contributed by atoms with Crippen LogP contribution in [0.3, 0.4) is 0 Å². The summed E-state index contributed by atoms with van der Waals surface area (Å²) in [5.41, 5.74) is 8.33. The van der Waals surface area contributed by atoms with E-state index in [0.717, 1.165) is 61.0 Å². The van der Waals surface area contributed by atoms with Crippen LogP contribution in [0.1, 0.15) is 0 Å². The smallest absolute Gasteiger partial charge is 0.227 e. The number of aromatic nitrogens is 1. The van der Waals surface area contributed by atoms with Crippen molar-refractivity contribution in [2.45, 2.75) is 0 Å². The number of anilines is 3. The second kappa shape index (κ2) is 11.5. The van der Waals surface area contributed by atoms with Gasteiger partial charge in [0.15, 0.2) is 5.58 Å². The minimum atomic E-state index is 0.638. The van der Waals surface area contributed by atoms with E-state index in [1.165, 1.54) is 26.9 Å². The molecule has 9 aromatic carbocycles. The third kappa shape index (κ3) is 4.71. The van der Waals surface area contributed by atoms with Crippen LogP contribution in [0.25, 0.3) is 76.8 Å². The average molecular weight is 639 g/mol. The monoisotopic (exact) mass is 638 g/mol. The first kappa shape index (κ1) is 28.3. The minimum Gasteiger partial charge on any atom is -0.436 e. The standard InChI is InChI=1S/C47H30N2O/c1-2-11-36(12-3-1)47-48-46-44(50-47)28-24-35-19-17-34-18-20-38(30-42(34)45(35)46)32-21-25-39(26-22-32)49(40-27-23-31-9-4-5-13-37(31)29-40)43-16-8-14-33-10-6-7-15-41(33)43/h1-30H. The van der Waals surface area contributed by atoms with Gasteiger partial charge < -0.3 is 9.32 Å². The van der Waals surface area contributed by atoms with Crippen molar-refractivity contribution < 1.29 is 4.42 Å². The summed E-state index contributed by atoms with van der Waals surface area (Å²) in [7, 11) is 0. The number of nitrogens with zero attached hydrogens (tertiary/aromatic N) is 2. The van der Waals surface area contributed by atoms with Gasteiger partial charge in [0, 0.05) is 27.7 Å². The first-order valence-electron chi connectivity index (χ1n) is 17.0. The summed E-state index contributed by atoms with van der Waals surface area (Å²) in [6.07, 6.45) is 0. The SMILES string of the molecule is c1ccc(-c2nc3c(ccc4ccc5ccc(-c6ccc(N(c7ccc8ccccc8c7)c7cccc8ccccc78)cc6)cc5c43)o2)cc1. The molecule has 0 N–H and O–H groups in total. The largest absolute Gasteiger partial charge is 0.436 e. The highest BCUT2D eigenvalue weighted by molar-refractivity contribution is 6.19. The maximum absolute atomic E-state index is 6.27. The Bertz CT molecular complexity index is 2870. The van der Waals surface area contributed by atoms with Crippen LogP contribution in [0.2, 0.25) is 0 Å². The number of hydrogen-bond donors (Lipinski definition) is 0. The lowest BCUT2D eigenvalue weighted by Crippen LogP contribution is -2.10. The molecule has 0 aliphatic rings. The topological polar surface area (TPSA) is 29.3 Å². The highest BCUT2D eigenvalue weighted by Gasteiger charge is 2.17. The molecule has 0 unspecified atom stereocenters. The summed E-state index contributed by atoms with van der Waals surface area (Å²) >= 11 is 0. The molecule has 3 nitrogen and oxygen atoms in total. The quantitative estimate of drug-likeness (QED) is 0.176. The molecule has 0 amide bonds. The van der Waals surface area contributed by atoms with E-state index >= 15 is 0 Å². The minimum absolute atomic E-state index is 0.638. The lowest BCUT2D eigenvalue weighted by atomic mass is 9.96. The van der Waals surface area contributed by atoms with Crippen molar-refractivity contribution in [3.05, 3.63) is 182 Å². The molecule has 0 radical (unpaired) electrons. The lowest BCUT2D eigenvalue weighted by Gasteiger charge is -2.27. The van der Waals surface area contributed by atoms with Gasteiger partial charge in [0.1, 0.15) is 5.52 Å². The van der Waals surface area contributed by atoms with Crippen LogP contribution in [0.4, 0.5) is 17.1 Å². The third-order valence-corrected chi connectivity index (χ3v) is 9.84. The van der Waals surface area contributed by atoms with E-state index in [2.05, 4.69) is 150 Å². The molecule has 0 bridgehead atoms. The maximum atomic E-state index is 6.27. The zero-order valence-corrected chi connectivity index (χ0v) is 27.1. The first-order valence-corrected chi connectivity index (χ1v) is 17.0. The zero-order chi connectivity index (χ0) is 33.0. The molecule has 0 atom stereocenters. The third-order valence-electron chi connectivity index (χ3n) is 9.84. The Morgan fingerprint density at radius 2 is 1.04 bits per heavy atom. The molecule has 0 saturated heterocycles. The molecule has 50 heavy (non-hydrogen) atoms. The Labute approximate surface area is 289 Å². The molecule has 234 valence electrons. The number of hydrogen-bond acceptors (Lipinski definition) is 3. The summed E-state index contributed by atoms with van der Waals surface area (Å²) in [6, 6.07) is 64.7. The molecule has 0 aliphatic heterocycles. The van der Waals surface area contributed by atoms with E-state index < -0.39 is 0 Å². The van der Waals surface area contributed by atoms with E-state index in [1.807, 2.05) is 36.4 Å². The second-order valence-electron chi connectivity index (χ2n) is 12.8. The van der Waals surface area contributed by atoms with Crippen molar-refractivity contribution in [2.75, 3.05) is 4.90 Å². The fraction of sp³-hybridized carbons (Fsp3) is 0. The predicted octanol–water partition coefficient (Wildman–Crippen LogP) is 13.2. The van der Waals surface area contributed by atoms with Crippen LogP contribution in [0.15, 0.2) is 186 Å². The van der Waals surface area contributed by atoms with Crippen LogP contribution in [-0.4, -0.2) is 4.98 Å². The molecule has 1 aromatic heterocycles. The Morgan fingerprint density at radius 3 is 1.92 bits per heavy atom. The van der Waals surface area contributed by atoms with Gasteiger partial charge in [-0.15, -0.1) is 0 Å². The normalized spacial score (nSPS) is 11.6.